The average Bonchev–Trinajstić information content (AvgIpc) is 3.17. The van der Waals surface area contributed by atoms with Gasteiger partial charge in [-0.05, 0) is 18.6 Å². The molecule has 4 aromatic rings. The zero-order chi connectivity index (χ0) is 23.0. The SMILES string of the molecule is Cc1ccc(-c2c(N(C)S(C)(=O)=O)[nH]c3c(C(=O)C(=O)c4ccccc4)cccc23)cc1. The van der Waals surface area contributed by atoms with E-state index in [9.17, 15) is 18.0 Å². The molecule has 0 fully saturated rings. The maximum Gasteiger partial charge on any atom is 0.235 e. The number of sulfonamides is 1. The normalized spacial score (nSPS) is 11.5. The number of aromatic nitrogens is 1. The number of H-pyrrole nitrogens is 1. The van der Waals surface area contributed by atoms with Gasteiger partial charge >= 0.3 is 0 Å². The van der Waals surface area contributed by atoms with E-state index in [4.69, 9.17) is 0 Å². The van der Waals surface area contributed by atoms with E-state index < -0.39 is 21.6 Å². The number of Topliss-reactive ketones (excluding diaryl/α,β-unsaturated/α-hetero) is 2. The zero-order valence-corrected chi connectivity index (χ0v) is 18.7. The second-order valence-corrected chi connectivity index (χ2v) is 9.71. The van der Waals surface area contributed by atoms with Gasteiger partial charge in [-0.15, -0.1) is 0 Å². The van der Waals surface area contributed by atoms with Crippen LogP contribution in [0.3, 0.4) is 0 Å². The molecule has 7 heteroatoms. The molecule has 0 radical (unpaired) electrons. The Bertz CT molecular complexity index is 1440. The highest BCUT2D eigenvalue weighted by atomic mass is 32.2. The highest BCUT2D eigenvalue weighted by molar-refractivity contribution is 7.92. The van der Waals surface area contributed by atoms with Gasteiger partial charge in [0, 0.05) is 23.6 Å². The third-order valence-electron chi connectivity index (χ3n) is 5.45. The number of hydrogen-bond acceptors (Lipinski definition) is 4. The van der Waals surface area contributed by atoms with Crippen molar-refractivity contribution in [3.63, 3.8) is 0 Å². The molecule has 1 N–H and O–H groups in total. The summed E-state index contributed by atoms with van der Waals surface area (Å²) in [6.45, 7) is 1.97. The number of fused-ring (bicyclic) bond motifs is 1. The minimum Gasteiger partial charge on any atom is -0.339 e. The van der Waals surface area contributed by atoms with Gasteiger partial charge in [0.2, 0.25) is 21.6 Å². The first-order valence-corrected chi connectivity index (χ1v) is 11.8. The Balaban J connectivity index is 1.96. The molecular weight excluding hydrogens is 424 g/mol. The maximum atomic E-state index is 13.1. The summed E-state index contributed by atoms with van der Waals surface area (Å²) in [5, 5.41) is 0.658. The number of carbonyl (C=O) groups is 2. The first-order chi connectivity index (χ1) is 15.2. The fraction of sp³-hybridized carbons (Fsp3) is 0.120. The van der Waals surface area contributed by atoms with Crippen molar-refractivity contribution in [2.75, 3.05) is 17.6 Å². The quantitative estimate of drug-likeness (QED) is 0.346. The van der Waals surface area contributed by atoms with Crippen LogP contribution in [-0.4, -0.2) is 38.3 Å². The first kappa shape index (κ1) is 21.5. The van der Waals surface area contributed by atoms with Crippen molar-refractivity contribution < 1.29 is 18.0 Å². The summed E-state index contributed by atoms with van der Waals surface area (Å²) >= 11 is 0. The Labute approximate surface area is 186 Å². The fourth-order valence-electron chi connectivity index (χ4n) is 3.65. The standard InChI is InChI=1S/C25H22N2O4S/c1-16-12-14-17(15-13-16)21-19-10-7-11-20(22(19)26-25(21)27(2)32(3,30)31)24(29)23(28)18-8-5-4-6-9-18/h4-15,26H,1-3H3. The van der Waals surface area contributed by atoms with Crippen molar-refractivity contribution in [2.45, 2.75) is 6.92 Å². The maximum absolute atomic E-state index is 13.1. The molecule has 0 atom stereocenters. The third kappa shape index (κ3) is 3.83. The van der Waals surface area contributed by atoms with E-state index in [-0.39, 0.29) is 5.56 Å². The molecule has 0 saturated heterocycles. The Morgan fingerprint density at radius 3 is 2.12 bits per heavy atom. The largest absolute Gasteiger partial charge is 0.339 e. The van der Waals surface area contributed by atoms with Crippen molar-refractivity contribution >= 4 is 38.3 Å². The molecule has 162 valence electrons. The number of carbonyl (C=O) groups excluding carboxylic acids is 2. The number of para-hydroxylation sites is 1. The van der Waals surface area contributed by atoms with E-state index >= 15 is 0 Å². The molecule has 3 aromatic carbocycles. The molecule has 0 bridgehead atoms. The van der Waals surface area contributed by atoms with Crippen LogP contribution in [0.4, 0.5) is 5.82 Å². The third-order valence-corrected chi connectivity index (χ3v) is 6.63. The van der Waals surface area contributed by atoms with E-state index in [0.717, 1.165) is 21.7 Å². The van der Waals surface area contributed by atoms with Gasteiger partial charge in [0.15, 0.2) is 0 Å². The monoisotopic (exact) mass is 446 g/mol. The summed E-state index contributed by atoms with van der Waals surface area (Å²) in [4.78, 5) is 29.1. The predicted molar refractivity (Wildman–Crippen MR) is 127 cm³/mol. The van der Waals surface area contributed by atoms with Gasteiger partial charge in [-0.2, -0.15) is 0 Å². The van der Waals surface area contributed by atoms with Gasteiger partial charge in [-0.1, -0.05) is 72.3 Å². The summed E-state index contributed by atoms with van der Waals surface area (Å²) in [6.07, 6.45) is 1.11. The highest BCUT2D eigenvalue weighted by Crippen LogP contribution is 2.39. The lowest BCUT2D eigenvalue weighted by Gasteiger charge is -2.17. The molecule has 1 heterocycles. The van der Waals surface area contributed by atoms with Gasteiger partial charge in [0.05, 0.1) is 17.3 Å². The van der Waals surface area contributed by atoms with Crippen LogP contribution in [0.15, 0.2) is 72.8 Å². The first-order valence-electron chi connectivity index (χ1n) is 9.98. The Morgan fingerprint density at radius 1 is 0.844 bits per heavy atom. The molecule has 0 saturated carbocycles. The van der Waals surface area contributed by atoms with Crippen molar-refractivity contribution in [2.24, 2.45) is 0 Å². The number of benzene rings is 3. The predicted octanol–water partition coefficient (Wildman–Crippen LogP) is 4.60. The Kier molecular flexibility index (Phi) is 5.44. The van der Waals surface area contributed by atoms with Gasteiger partial charge in [0.25, 0.3) is 0 Å². The number of ketones is 2. The Hall–Kier alpha value is -3.71. The van der Waals surface area contributed by atoms with Crippen molar-refractivity contribution in [3.8, 4) is 11.1 Å². The van der Waals surface area contributed by atoms with Gasteiger partial charge < -0.3 is 4.98 Å². The summed E-state index contributed by atoms with van der Waals surface area (Å²) in [5.41, 5.74) is 3.42. The minimum absolute atomic E-state index is 0.192. The van der Waals surface area contributed by atoms with Crippen LogP contribution in [0.25, 0.3) is 22.0 Å². The second-order valence-electron chi connectivity index (χ2n) is 7.70. The number of rotatable bonds is 6. The number of nitrogens with zero attached hydrogens (tertiary/aromatic N) is 1. The molecule has 0 aliphatic carbocycles. The number of anilines is 1. The fourth-order valence-corrected chi connectivity index (χ4v) is 4.12. The van der Waals surface area contributed by atoms with Crippen LogP contribution in [-0.2, 0) is 10.0 Å². The lowest BCUT2D eigenvalue weighted by atomic mass is 9.97. The smallest absolute Gasteiger partial charge is 0.235 e. The van der Waals surface area contributed by atoms with E-state index in [1.165, 1.54) is 7.05 Å². The van der Waals surface area contributed by atoms with E-state index in [1.54, 1.807) is 42.5 Å². The van der Waals surface area contributed by atoms with Crippen LogP contribution in [0.5, 0.6) is 0 Å². The number of hydrogen-bond donors (Lipinski definition) is 1. The summed E-state index contributed by atoms with van der Waals surface area (Å²) in [7, 11) is -2.13. The van der Waals surface area contributed by atoms with E-state index in [2.05, 4.69) is 4.98 Å². The van der Waals surface area contributed by atoms with E-state index in [1.807, 2.05) is 37.3 Å². The topological polar surface area (TPSA) is 87.3 Å². The van der Waals surface area contributed by atoms with Gasteiger partial charge in [0.1, 0.15) is 5.82 Å². The second kappa shape index (κ2) is 8.09. The number of nitrogens with one attached hydrogen (secondary N) is 1. The summed E-state index contributed by atoms with van der Waals surface area (Å²) in [6, 6.07) is 21.1. The van der Waals surface area contributed by atoms with Crippen LogP contribution in [0.1, 0.15) is 26.3 Å². The van der Waals surface area contributed by atoms with Crippen LogP contribution >= 0.6 is 0 Å². The van der Waals surface area contributed by atoms with Gasteiger partial charge in [-0.25, -0.2) is 8.42 Å². The molecule has 0 spiro atoms. The lowest BCUT2D eigenvalue weighted by molar-refractivity contribution is 0.0818. The van der Waals surface area contributed by atoms with Crippen molar-refractivity contribution in [3.05, 3.63) is 89.5 Å². The van der Waals surface area contributed by atoms with Crippen LogP contribution in [0.2, 0.25) is 0 Å². The Morgan fingerprint density at radius 2 is 1.50 bits per heavy atom. The summed E-state index contributed by atoms with van der Waals surface area (Å²) < 4.78 is 25.8. The average molecular weight is 447 g/mol. The molecule has 0 aliphatic rings. The lowest BCUT2D eigenvalue weighted by Crippen LogP contribution is -2.25. The summed E-state index contributed by atoms with van der Waals surface area (Å²) in [5.74, 6) is -0.951. The zero-order valence-electron chi connectivity index (χ0n) is 17.9. The molecular formula is C25H22N2O4S. The highest BCUT2D eigenvalue weighted by Gasteiger charge is 2.26. The molecule has 1 aromatic heterocycles. The van der Waals surface area contributed by atoms with Gasteiger partial charge in [-0.3, -0.25) is 13.9 Å². The molecule has 4 rings (SSSR count). The molecule has 0 amide bonds. The number of aromatic amines is 1. The van der Waals surface area contributed by atoms with Crippen molar-refractivity contribution in [1.82, 2.24) is 4.98 Å². The van der Waals surface area contributed by atoms with Crippen LogP contribution < -0.4 is 4.31 Å². The molecule has 32 heavy (non-hydrogen) atoms. The number of aryl methyl sites for hydroxylation is 1. The molecule has 6 nitrogen and oxygen atoms in total. The molecule has 0 unspecified atom stereocenters. The minimum atomic E-state index is -3.58. The van der Waals surface area contributed by atoms with E-state index in [0.29, 0.717) is 27.8 Å². The van der Waals surface area contributed by atoms with Crippen LogP contribution in [0, 0.1) is 6.92 Å². The molecule has 0 aliphatic heterocycles. The van der Waals surface area contributed by atoms with Crippen molar-refractivity contribution in [1.29, 1.82) is 0 Å².